The minimum absolute atomic E-state index is 0.0509. The summed E-state index contributed by atoms with van der Waals surface area (Å²) in [6, 6.07) is 4.93. The number of aromatic nitrogens is 2. The molecule has 29 heavy (non-hydrogen) atoms. The maximum Gasteiger partial charge on any atom is 0.253 e. The summed E-state index contributed by atoms with van der Waals surface area (Å²) in [7, 11) is 1.68. The average molecular weight is 441 g/mol. The van der Waals surface area contributed by atoms with Crippen molar-refractivity contribution in [2.75, 3.05) is 32.1 Å². The molecule has 2 aromatic rings. The Morgan fingerprint density at radius 3 is 2.79 bits per heavy atom. The SMILES string of the molecule is CN(CCOc1cc(Cl)cc(Cl)c1)C(=O)Cn1cc(NC(=O)C2CCCO2)cn1. The first-order chi connectivity index (χ1) is 13.9. The molecule has 1 aromatic heterocycles. The molecule has 1 N–H and O–H groups in total. The molecule has 8 nitrogen and oxygen atoms in total. The first kappa shape index (κ1) is 21.4. The number of benzene rings is 1. The number of nitrogens with zero attached hydrogens (tertiary/aromatic N) is 3. The van der Waals surface area contributed by atoms with E-state index in [-0.39, 0.29) is 18.4 Å². The normalized spacial score (nSPS) is 15.9. The Labute approximate surface area is 178 Å². The van der Waals surface area contributed by atoms with E-state index in [4.69, 9.17) is 32.7 Å². The summed E-state index contributed by atoms with van der Waals surface area (Å²) in [5.74, 6) is 0.212. The van der Waals surface area contributed by atoms with Gasteiger partial charge in [-0.15, -0.1) is 0 Å². The fraction of sp³-hybridized carbons (Fsp3) is 0.421. The van der Waals surface area contributed by atoms with E-state index in [1.807, 2.05) is 0 Å². The van der Waals surface area contributed by atoms with Crippen LogP contribution in [0.5, 0.6) is 5.75 Å². The highest BCUT2D eigenvalue weighted by atomic mass is 35.5. The van der Waals surface area contributed by atoms with Crippen LogP contribution in [-0.4, -0.2) is 59.4 Å². The van der Waals surface area contributed by atoms with Crippen molar-refractivity contribution in [3.63, 3.8) is 0 Å². The van der Waals surface area contributed by atoms with Crippen LogP contribution in [0, 0.1) is 0 Å². The molecule has 1 atom stereocenters. The second-order valence-electron chi connectivity index (χ2n) is 6.69. The van der Waals surface area contributed by atoms with Crippen LogP contribution in [0.1, 0.15) is 12.8 Å². The predicted octanol–water partition coefficient (Wildman–Crippen LogP) is 2.84. The van der Waals surface area contributed by atoms with Crippen LogP contribution >= 0.6 is 23.2 Å². The maximum absolute atomic E-state index is 12.4. The van der Waals surface area contributed by atoms with E-state index in [2.05, 4.69) is 10.4 Å². The van der Waals surface area contributed by atoms with E-state index in [1.54, 1.807) is 36.3 Å². The van der Waals surface area contributed by atoms with E-state index in [9.17, 15) is 9.59 Å². The summed E-state index contributed by atoms with van der Waals surface area (Å²) >= 11 is 11.9. The van der Waals surface area contributed by atoms with Crippen molar-refractivity contribution in [2.45, 2.75) is 25.5 Å². The number of rotatable bonds is 8. The van der Waals surface area contributed by atoms with Gasteiger partial charge in [0, 0.05) is 29.9 Å². The number of amides is 2. The number of hydrogen-bond acceptors (Lipinski definition) is 5. The third-order valence-electron chi connectivity index (χ3n) is 4.38. The van der Waals surface area contributed by atoms with Crippen LogP contribution in [0.25, 0.3) is 0 Å². The third-order valence-corrected chi connectivity index (χ3v) is 4.81. The fourth-order valence-corrected chi connectivity index (χ4v) is 3.32. The van der Waals surface area contributed by atoms with Gasteiger partial charge >= 0.3 is 0 Å². The number of carbonyl (C=O) groups excluding carboxylic acids is 2. The molecule has 2 heterocycles. The molecule has 0 radical (unpaired) electrons. The van der Waals surface area contributed by atoms with E-state index in [0.29, 0.717) is 47.7 Å². The van der Waals surface area contributed by atoms with Crippen molar-refractivity contribution in [1.29, 1.82) is 0 Å². The van der Waals surface area contributed by atoms with Crippen LogP contribution in [0.15, 0.2) is 30.6 Å². The van der Waals surface area contributed by atoms with E-state index < -0.39 is 6.10 Å². The number of likely N-dealkylation sites (N-methyl/N-ethyl adjacent to an activating group) is 1. The molecule has 10 heteroatoms. The Morgan fingerprint density at radius 2 is 2.10 bits per heavy atom. The molecule has 1 aliphatic heterocycles. The Morgan fingerprint density at radius 1 is 1.34 bits per heavy atom. The Hall–Kier alpha value is -2.29. The number of anilines is 1. The van der Waals surface area contributed by atoms with Gasteiger partial charge in [0.25, 0.3) is 5.91 Å². The smallest absolute Gasteiger partial charge is 0.253 e. The minimum Gasteiger partial charge on any atom is -0.492 e. The highest BCUT2D eigenvalue weighted by Crippen LogP contribution is 2.24. The fourth-order valence-electron chi connectivity index (χ4n) is 2.82. The monoisotopic (exact) mass is 440 g/mol. The lowest BCUT2D eigenvalue weighted by molar-refractivity contribution is -0.131. The molecule has 2 amide bonds. The summed E-state index contributed by atoms with van der Waals surface area (Å²) in [5, 5.41) is 7.84. The van der Waals surface area contributed by atoms with E-state index in [0.717, 1.165) is 6.42 Å². The summed E-state index contributed by atoms with van der Waals surface area (Å²) in [5.41, 5.74) is 0.530. The highest BCUT2D eigenvalue weighted by Gasteiger charge is 2.23. The standard InChI is InChI=1S/C19H22Cl2N4O4/c1-24(4-6-28-16-8-13(20)7-14(21)9-16)18(26)12-25-11-15(10-22-25)23-19(27)17-3-2-5-29-17/h7-11,17H,2-6,12H2,1H3,(H,23,27). The summed E-state index contributed by atoms with van der Waals surface area (Å²) in [4.78, 5) is 26.0. The second-order valence-corrected chi connectivity index (χ2v) is 7.56. The first-order valence-corrected chi connectivity index (χ1v) is 9.94. The van der Waals surface area contributed by atoms with Crippen LogP contribution in [0.3, 0.4) is 0 Å². The van der Waals surface area contributed by atoms with Gasteiger partial charge in [0.05, 0.1) is 18.4 Å². The third kappa shape index (κ3) is 6.35. The molecule has 3 rings (SSSR count). The van der Waals surface area contributed by atoms with Gasteiger partial charge in [-0.2, -0.15) is 5.10 Å². The second kappa shape index (κ2) is 9.96. The lowest BCUT2D eigenvalue weighted by Gasteiger charge is -2.17. The molecule has 0 aliphatic carbocycles. The molecule has 0 saturated carbocycles. The number of carbonyl (C=O) groups is 2. The molecule has 0 bridgehead atoms. The highest BCUT2D eigenvalue weighted by molar-refractivity contribution is 6.34. The maximum atomic E-state index is 12.4. The summed E-state index contributed by atoms with van der Waals surface area (Å²) in [6.07, 6.45) is 4.30. The van der Waals surface area contributed by atoms with Crippen LogP contribution in [0.4, 0.5) is 5.69 Å². The number of nitrogens with one attached hydrogen (secondary N) is 1. The predicted molar refractivity (Wildman–Crippen MR) is 109 cm³/mol. The van der Waals surface area contributed by atoms with Gasteiger partial charge < -0.3 is 19.7 Å². The average Bonchev–Trinajstić information content (AvgIpc) is 3.33. The molecular formula is C19H22Cl2N4O4. The molecule has 0 spiro atoms. The zero-order chi connectivity index (χ0) is 20.8. The molecule has 1 aliphatic rings. The van der Waals surface area contributed by atoms with Crippen LogP contribution in [-0.2, 0) is 20.9 Å². The lowest BCUT2D eigenvalue weighted by Crippen LogP contribution is -2.33. The van der Waals surface area contributed by atoms with Gasteiger partial charge in [-0.05, 0) is 31.0 Å². The quantitative estimate of drug-likeness (QED) is 0.681. The van der Waals surface area contributed by atoms with Crippen molar-refractivity contribution in [2.24, 2.45) is 0 Å². The van der Waals surface area contributed by atoms with Gasteiger partial charge in [0.2, 0.25) is 5.91 Å². The molecule has 1 saturated heterocycles. The zero-order valence-corrected chi connectivity index (χ0v) is 17.4. The first-order valence-electron chi connectivity index (χ1n) is 9.18. The zero-order valence-electron chi connectivity index (χ0n) is 15.9. The van der Waals surface area contributed by atoms with Crippen molar-refractivity contribution in [3.8, 4) is 5.75 Å². The van der Waals surface area contributed by atoms with Gasteiger partial charge in [-0.3, -0.25) is 14.3 Å². The number of hydrogen-bond donors (Lipinski definition) is 1. The van der Waals surface area contributed by atoms with Crippen molar-refractivity contribution in [1.82, 2.24) is 14.7 Å². The molecule has 1 fully saturated rings. The Kier molecular flexibility index (Phi) is 7.35. The Balaban J connectivity index is 1.43. The summed E-state index contributed by atoms with van der Waals surface area (Å²) < 4.78 is 12.4. The minimum atomic E-state index is -0.416. The van der Waals surface area contributed by atoms with Gasteiger partial charge in [-0.25, -0.2) is 0 Å². The number of ether oxygens (including phenoxy) is 2. The largest absolute Gasteiger partial charge is 0.492 e. The van der Waals surface area contributed by atoms with E-state index in [1.165, 1.54) is 10.9 Å². The van der Waals surface area contributed by atoms with Crippen molar-refractivity contribution in [3.05, 3.63) is 40.6 Å². The van der Waals surface area contributed by atoms with Crippen molar-refractivity contribution < 1.29 is 19.1 Å². The summed E-state index contributed by atoms with van der Waals surface area (Å²) in [6.45, 7) is 1.33. The van der Waals surface area contributed by atoms with Gasteiger partial charge in [0.1, 0.15) is 25.0 Å². The lowest BCUT2D eigenvalue weighted by atomic mass is 10.2. The molecule has 1 aromatic carbocycles. The molecule has 156 valence electrons. The molecule has 1 unspecified atom stereocenters. The Bertz CT molecular complexity index is 847. The van der Waals surface area contributed by atoms with Crippen LogP contribution < -0.4 is 10.1 Å². The van der Waals surface area contributed by atoms with Crippen LogP contribution in [0.2, 0.25) is 10.0 Å². The van der Waals surface area contributed by atoms with Gasteiger partial charge in [0.15, 0.2) is 0 Å². The van der Waals surface area contributed by atoms with Gasteiger partial charge in [-0.1, -0.05) is 23.2 Å². The topological polar surface area (TPSA) is 85.7 Å². The molecular weight excluding hydrogens is 419 g/mol. The number of halogens is 2. The van der Waals surface area contributed by atoms with E-state index >= 15 is 0 Å². The van der Waals surface area contributed by atoms with Crippen molar-refractivity contribution >= 4 is 40.7 Å².